The second-order valence-electron chi connectivity index (χ2n) is 5.24. The SMILES string of the molecule is CCC(OC(=O)c1cccc2nccnc12)C(=O)Nc1ccccn1. The highest BCUT2D eigenvalue weighted by atomic mass is 16.5. The fourth-order valence-corrected chi connectivity index (χ4v) is 2.32. The van der Waals surface area contributed by atoms with E-state index in [0.717, 1.165) is 0 Å². The molecule has 0 aliphatic rings. The highest BCUT2D eigenvalue weighted by molar-refractivity contribution is 6.03. The maximum atomic E-state index is 12.5. The maximum absolute atomic E-state index is 12.5. The normalized spacial score (nSPS) is 11.7. The molecule has 0 saturated heterocycles. The van der Waals surface area contributed by atoms with Gasteiger partial charge in [-0.15, -0.1) is 0 Å². The summed E-state index contributed by atoms with van der Waals surface area (Å²) in [5.41, 5.74) is 1.30. The minimum absolute atomic E-state index is 0.273. The number of carbonyl (C=O) groups excluding carboxylic acids is 2. The van der Waals surface area contributed by atoms with Gasteiger partial charge in [0.05, 0.1) is 11.1 Å². The molecular formula is C18H16N4O3. The largest absolute Gasteiger partial charge is 0.449 e. The van der Waals surface area contributed by atoms with Gasteiger partial charge in [0.2, 0.25) is 0 Å². The van der Waals surface area contributed by atoms with Crippen molar-refractivity contribution in [2.24, 2.45) is 0 Å². The van der Waals surface area contributed by atoms with Gasteiger partial charge in [0.1, 0.15) is 11.3 Å². The Labute approximate surface area is 144 Å². The number of pyridine rings is 1. The van der Waals surface area contributed by atoms with Crippen LogP contribution in [0.2, 0.25) is 0 Å². The van der Waals surface area contributed by atoms with Crippen molar-refractivity contribution in [3.8, 4) is 0 Å². The van der Waals surface area contributed by atoms with Gasteiger partial charge in [-0.25, -0.2) is 9.78 Å². The zero-order valence-electron chi connectivity index (χ0n) is 13.5. The summed E-state index contributed by atoms with van der Waals surface area (Å²) >= 11 is 0. The molecule has 1 N–H and O–H groups in total. The number of ether oxygens (including phenoxy) is 1. The van der Waals surface area contributed by atoms with Crippen molar-refractivity contribution >= 4 is 28.7 Å². The zero-order chi connectivity index (χ0) is 17.6. The number of aromatic nitrogens is 3. The van der Waals surface area contributed by atoms with Crippen LogP contribution in [0.5, 0.6) is 0 Å². The van der Waals surface area contributed by atoms with Crippen LogP contribution in [-0.4, -0.2) is 32.9 Å². The molecule has 3 rings (SSSR count). The van der Waals surface area contributed by atoms with Gasteiger partial charge >= 0.3 is 5.97 Å². The van der Waals surface area contributed by atoms with Crippen LogP contribution in [0, 0.1) is 0 Å². The smallest absolute Gasteiger partial charge is 0.341 e. The Bertz CT molecular complexity index is 894. The van der Waals surface area contributed by atoms with Crippen molar-refractivity contribution < 1.29 is 14.3 Å². The van der Waals surface area contributed by atoms with Crippen LogP contribution in [0.15, 0.2) is 55.0 Å². The first-order valence-corrected chi connectivity index (χ1v) is 7.81. The summed E-state index contributed by atoms with van der Waals surface area (Å²) in [5, 5.41) is 2.63. The number of benzene rings is 1. The molecule has 0 radical (unpaired) electrons. The second kappa shape index (κ2) is 7.48. The molecule has 3 aromatic rings. The number of fused-ring (bicyclic) bond motifs is 1. The monoisotopic (exact) mass is 336 g/mol. The third kappa shape index (κ3) is 3.77. The second-order valence-corrected chi connectivity index (χ2v) is 5.24. The Morgan fingerprint density at radius 1 is 1.04 bits per heavy atom. The highest BCUT2D eigenvalue weighted by Gasteiger charge is 2.23. The maximum Gasteiger partial charge on any atom is 0.341 e. The first kappa shape index (κ1) is 16.5. The summed E-state index contributed by atoms with van der Waals surface area (Å²) < 4.78 is 5.38. The fourth-order valence-electron chi connectivity index (χ4n) is 2.32. The van der Waals surface area contributed by atoms with Gasteiger partial charge in [-0.05, 0) is 30.7 Å². The Hall–Kier alpha value is -3.35. The van der Waals surface area contributed by atoms with E-state index in [1.807, 2.05) is 0 Å². The van der Waals surface area contributed by atoms with Crippen LogP contribution in [-0.2, 0) is 9.53 Å². The van der Waals surface area contributed by atoms with Gasteiger partial charge in [-0.3, -0.25) is 14.8 Å². The Morgan fingerprint density at radius 2 is 1.88 bits per heavy atom. The Morgan fingerprint density at radius 3 is 2.64 bits per heavy atom. The van der Waals surface area contributed by atoms with E-state index >= 15 is 0 Å². The van der Waals surface area contributed by atoms with Crippen LogP contribution < -0.4 is 5.32 Å². The van der Waals surface area contributed by atoms with Crippen LogP contribution in [0.4, 0.5) is 5.82 Å². The van der Waals surface area contributed by atoms with E-state index in [2.05, 4.69) is 20.3 Å². The van der Waals surface area contributed by atoms with E-state index in [9.17, 15) is 9.59 Å². The number of hydrogen-bond donors (Lipinski definition) is 1. The average molecular weight is 336 g/mol. The van der Waals surface area contributed by atoms with Crippen LogP contribution in [0.3, 0.4) is 0 Å². The van der Waals surface area contributed by atoms with Crippen molar-refractivity contribution in [3.05, 3.63) is 60.6 Å². The molecule has 126 valence electrons. The molecule has 1 atom stereocenters. The van der Waals surface area contributed by atoms with E-state index in [0.29, 0.717) is 23.3 Å². The molecule has 1 aromatic carbocycles. The molecule has 0 fully saturated rings. The molecular weight excluding hydrogens is 320 g/mol. The minimum Gasteiger partial charge on any atom is -0.449 e. The standard InChI is InChI=1S/C18H16N4O3/c1-2-14(17(23)22-15-8-3-4-9-20-15)25-18(24)12-6-5-7-13-16(12)21-11-10-19-13/h3-11,14H,2H2,1H3,(H,20,22,23). The molecule has 2 aromatic heterocycles. The number of nitrogens with one attached hydrogen (secondary N) is 1. The third-order valence-corrected chi connectivity index (χ3v) is 3.55. The highest BCUT2D eigenvalue weighted by Crippen LogP contribution is 2.16. The predicted molar refractivity (Wildman–Crippen MR) is 91.9 cm³/mol. The lowest BCUT2D eigenvalue weighted by atomic mass is 10.1. The van der Waals surface area contributed by atoms with Gasteiger partial charge in [0, 0.05) is 18.6 Å². The van der Waals surface area contributed by atoms with Gasteiger partial charge in [-0.1, -0.05) is 19.1 Å². The molecule has 0 bridgehead atoms. The molecule has 1 unspecified atom stereocenters. The fraction of sp³-hybridized carbons (Fsp3) is 0.167. The lowest BCUT2D eigenvalue weighted by Crippen LogP contribution is -2.32. The van der Waals surface area contributed by atoms with E-state index < -0.39 is 18.0 Å². The predicted octanol–water partition coefficient (Wildman–Crippen LogP) is 2.60. The van der Waals surface area contributed by atoms with Crippen molar-refractivity contribution in [2.75, 3.05) is 5.32 Å². The molecule has 7 nitrogen and oxygen atoms in total. The first-order chi connectivity index (χ1) is 12.2. The number of para-hydroxylation sites is 1. The van der Waals surface area contributed by atoms with Crippen molar-refractivity contribution in [2.45, 2.75) is 19.4 Å². The number of nitrogens with zero attached hydrogens (tertiary/aromatic N) is 3. The first-order valence-electron chi connectivity index (χ1n) is 7.81. The van der Waals surface area contributed by atoms with Gasteiger partial charge < -0.3 is 10.1 Å². The number of rotatable bonds is 5. The summed E-state index contributed by atoms with van der Waals surface area (Å²) in [6.07, 6.45) is 4.02. The summed E-state index contributed by atoms with van der Waals surface area (Å²) in [7, 11) is 0. The van der Waals surface area contributed by atoms with Crippen molar-refractivity contribution in [1.29, 1.82) is 0 Å². The van der Waals surface area contributed by atoms with E-state index in [1.54, 1.807) is 55.7 Å². The Kier molecular flexibility index (Phi) is 4.94. The third-order valence-electron chi connectivity index (χ3n) is 3.55. The van der Waals surface area contributed by atoms with Gasteiger partial charge in [-0.2, -0.15) is 0 Å². The van der Waals surface area contributed by atoms with Crippen LogP contribution >= 0.6 is 0 Å². The number of hydrogen-bond acceptors (Lipinski definition) is 6. The van der Waals surface area contributed by atoms with Gasteiger partial charge in [0.15, 0.2) is 6.10 Å². The number of anilines is 1. The molecule has 25 heavy (non-hydrogen) atoms. The lowest BCUT2D eigenvalue weighted by Gasteiger charge is -2.16. The number of amides is 1. The topological polar surface area (TPSA) is 94.1 Å². The summed E-state index contributed by atoms with van der Waals surface area (Å²) in [6, 6.07) is 10.2. The summed E-state index contributed by atoms with van der Waals surface area (Å²) in [4.78, 5) is 37.2. The molecule has 0 spiro atoms. The molecule has 7 heteroatoms. The Balaban J connectivity index is 1.76. The molecule has 1 amide bonds. The zero-order valence-corrected chi connectivity index (χ0v) is 13.5. The van der Waals surface area contributed by atoms with Crippen LogP contribution in [0.25, 0.3) is 11.0 Å². The van der Waals surface area contributed by atoms with Crippen molar-refractivity contribution in [3.63, 3.8) is 0 Å². The summed E-state index contributed by atoms with van der Waals surface area (Å²) in [6.45, 7) is 1.76. The van der Waals surface area contributed by atoms with E-state index in [4.69, 9.17) is 4.74 Å². The average Bonchev–Trinajstić information content (AvgIpc) is 2.66. The van der Waals surface area contributed by atoms with Crippen molar-refractivity contribution in [1.82, 2.24) is 15.0 Å². The lowest BCUT2D eigenvalue weighted by molar-refractivity contribution is -0.124. The molecule has 2 heterocycles. The molecule has 0 saturated carbocycles. The van der Waals surface area contributed by atoms with E-state index in [1.165, 1.54) is 6.20 Å². The van der Waals surface area contributed by atoms with Crippen LogP contribution in [0.1, 0.15) is 23.7 Å². The van der Waals surface area contributed by atoms with Gasteiger partial charge in [0.25, 0.3) is 5.91 Å². The number of carbonyl (C=O) groups is 2. The minimum atomic E-state index is -0.929. The quantitative estimate of drug-likeness (QED) is 0.720. The summed E-state index contributed by atoms with van der Waals surface area (Å²) in [5.74, 6) is -0.645. The molecule has 0 aliphatic carbocycles. The van der Waals surface area contributed by atoms with E-state index in [-0.39, 0.29) is 5.56 Å². The molecule has 0 aliphatic heterocycles. The number of esters is 1.